The molecule has 0 radical (unpaired) electrons. The van der Waals surface area contributed by atoms with E-state index in [2.05, 4.69) is 26.8 Å². The normalized spacial score (nSPS) is 43.0. The van der Waals surface area contributed by atoms with Crippen molar-refractivity contribution in [1.29, 1.82) is 0 Å². The number of hydrogen-bond donors (Lipinski definition) is 0. The van der Waals surface area contributed by atoms with Gasteiger partial charge in [0.05, 0.1) is 13.2 Å². The Morgan fingerprint density at radius 2 is 1.80 bits per heavy atom. The Hall–Kier alpha value is -0.340. The van der Waals surface area contributed by atoms with Gasteiger partial charge in [-0.05, 0) is 55.4 Å². The molecule has 0 aromatic rings. The molecule has 3 atom stereocenters. The molecule has 3 rings (SSSR count). The topological polar surface area (TPSA) is 18.5 Å². The van der Waals surface area contributed by atoms with Gasteiger partial charge in [-0.3, -0.25) is 0 Å². The molecule has 3 aliphatic rings. The van der Waals surface area contributed by atoms with E-state index < -0.39 is 5.79 Å². The van der Waals surface area contributed by atoms with Crippen LogP contribution >= 0.6 is 0 Å². The first kappa shape index (κ1) is 14.6. The second-order valence-electron chi connectivity index (χ2n) is 8.47. The standard InChI is InChI=1S/C18H30O2/c1-16(2)9-6-10-18(5)14-12-20-17(3,4)19-11-13(14)7-8-15(16)18/h7,14-15H,6,8-12H2,1-5H3. The molecule has 2 heteroatoms. The molecule has 114 valence electrons. The van der Waals surface area contributed by atoms with Gasteiger partial charge >= 0.3 is 0 Å². The Morgan fingerprint density at radius 1 is 1.05 bits per heavy atom. The van der Waals surface area contributed by atoms with Crippen molar-refractivity contribution >= 4 is 0 Å². The molecule has 1 heterocycles. The summed E-state index contributed by atoms with van der Waals surface area (Å²) in [5.41, 5.74) is 2.33. The van der Waals surface area contributed by atoms with Crippen LogP contribution < -0.4 is 0 Å². The van der Waals surface area contributed by atoms with Gasteiger partial charge in [-0.1, -0.05) is 33.3 Å². The van der Waals surface area contributed by atoms with Crippen molar-refractivity contribution in [1.82, 2.24) is 0 Å². The number of ether oxygens (including phenoxy) is 2. The van der Waals surface area contributed by atoms with Crippen LogP contribution in [0.2, 0.25) is 0 Å². The van der Waals surface area contributed by atoms with Crippen molar-refractivity contribution in [3.05, 3.63) is 11.6 Å². The molecule has 0 aromatic heterocycles. The highest BCUT2D eigenvalue weighted by Gasteiger charge is 2.53. The first-order chi connectivity index (χ1) is 9.25. The Kier molecular flexibility index (Phi) is 3.34. The lowest BCUT2D eigenvalue weighted by Gasteiger charge is -2.56. The second-order valence-corrected chi connectivity index (χ2v) is 8.47. The summed E-state index contributed by atoms with van der Waals surface area (Å²) in [6.45, 7) is 13.1. The minimum atomic E-state index is -0.436. The van der Waals surface area contributed by atoms with Crippen molar-refractivity contribution in [2.75, 3.05) is 13.2 Å². The monoisotopic (exact) mass is 278 g/mol. The molecule has 2 aliphatic carbocycles. The second kappa shape index (κ2) is 4.58. The SMILES string of the molecule is CC1(C)OCC2=CCC3C(C)(C)CCCC3(C)C2CO1. The van der Waals surface area contributed by atoms with E-state index in [1.165, 1.54) is 31.3 Å². The summed E-state index contributed by atoms with van der Waals surface area (Å²) in [4.78, 5) is 0. The molecule has 0 amide bonds. The molecule has 1 saturated heterocycles. The van der Waals surface area contributed by atoms with Crippen molar-refractivity contribution in [2.45, 2.75) is 66.1 Å². The van der Waals surface area contributed by atoms with Crippen LogP contribution in [0.15, 0.2) is 11.6 Å². The summed E-state index contributed by atoms with van der Waals surface area (Å²) in [6, 6.07) is 0. The van der Waals surface area contributed by atoms with E-state index in [-0.39, 0.29) is 0 Å². The summed E-state index contributed by atoms with van der Waals surface area (Å²) in [5, 5.41) is 0. The molecule has 0 aromatic carbocycles. The van der Waals surface area contributed by atoms with Gasteiger partial charge in [0, 0.05) is 5.92 Å². The third kappa shape index (κ3) is 2.25. The summed E-state index contributed by atoms with van der Waals surface area (Å²) >= 11 is 0. The van der Waals surface area contributed by atoms with Crippen LogP contribution in [0.3, 0.4) is 0 Å². The van der Waals surface area contributed by atoms with Crippen LogP contribution in [0.4, 0.5) is 0 Å². The molecule has 0 N–H and O–H groups in total. The number of rotatable bonds is 0. The molecule has 2 fully saturated rings. The molecule has 2 nitrogen and oxygen atoms in total. The molecule has 0 spiro atoms. The van der Waals surface area contributed by atoms with E-state index in [1.54, 1.807) is 0 Å². The van der Waals surface area contributed by atoms with Crippen LogP contribution in [0, 0.1) is 22.7 Å². The highest BCUT2D eigenvalue weighted by Crippen LogP contribution is 2.60. The van der Waals surface area contributed by atoms with Crippen LogP contribution in [0.1, 0.15) is 60.3 Å². The highest BCUT2D eigenvalue weighted by molar-refractivity contribution is 5.21. The first-order valence-corrected chi connectivity index (χ1v) is 8.21. The van der Waals surface area contributed by atoms with E-state index in [1.807, 2.05) is 13.8 Å². The quantitative estimate of drug-likeness (QED) is 0.605. The van der Waals surface area contributed by atoms with Gasteiger partial charge in [-0.15, -0.1) is 0 Å². The van der Waals surface area contributed by atoms with Crippen molar-refractivity contribution in [3.63, 3.8) is 0 Å². The minimum absolute atomic E-state index is 0.385. The van der Waals surface area contributed by atoms with Gasteiger partial charge in [-0.2, -0.15) is 0 Å². The Bertz CT molecular complexity index is 421. The van der Waals surface area contributed by atoms with E-state index in [9.17, 15) is 0 Å². The van der Waals surface area contributed by atoms with E-state index in [4.69, 9.17) is 9.47 Å². The van der Waals surface area contributed by atoms with Gasteiger partial charge in [-0.25, -0.2) is 0 Å². The number of hydrogen-bond acceptors (Lipinski definition) is 2. The summed E-state index contributed by atoms with van der Waals surface area (Å²) in [5.74, 6) is 0.888. The summed E-state index contributed by atoms with van der Waals surface area (Å²) < 4.78 is 12.0. The predicted octanol–water partition coefficient (Wildman–Crippen LogP) is 4.55. The molecule has 0 bridgehead atoms. The van der Waals surface area contributed by atoms with E-state index in [0.29, 0.717) is 16.7 Å². The first-order valence-electron chi connectivity index (χ1n) is 8.21. The van der Waals surface area contributed by atoms with Gasteiger partial charge < -0.3 is 9.47 Å². The zero-order chi connectivity index (χ0) is 14.6. The van der Waals surface area contributed by atoms with Crippen LogP contribution in [0.25, 0.3) is 0 Å². The maximum Gasteiger partial charge on any atom is 0.163 e. The van der Waals surface area contributed by atoms with Gasteiger partial charge in [0.15, 0.2) is 5.79 Å². The largest absolute Gasteiger partial charge is 0.350 e. The molecule has 1 aliphatic heterocycles. The highest BCUT2D eigenvalue weighted by atomic mass is 16.7. The predicted molar refractivity (Wildman–Crippen MR) is 81.4 cm³/mol. The third-order valence-corrected chi connectivity index (χ3v) is 6.32. The van der Waals surface area contributed by atoms with Gasteiger partial charge in [0.25, 0.3) is 0 Å². The number of fused-ring (bicyclic) bond motifs is 3. The summed E-state index contributed by atoms with van der Waals surface area (Å²) in [7, 11) is 0. The van der Waals surface area contributed by atoms with Crippen LogP contribution in [0.5, 0.6) is 0 Å². The Morgan fingerprint density at radius 3 is 2.55 bits per heavy atom. The van der Waals surface area contributed by atoms with E-state index in [0.717, 1.165) is 19.1 Å². The minimum Gasteiger partial charge on any atom is -0.350 e. The zero-order valence-electron chi connectivity index (χ0n) is 13.8. The lowest BCUT2D eigenvalue weighted by molar-refractivity contribution is -0.204. The smallest absolute Gasteiger partial charge is 0.163 e. The Labute approximate surface area is 123 Å². The third-order valence-electron chi connectivity index (χ3n) is 6.32. The van der Waals surface area contributed by atoms with Gasteiger partial charge in [0.2, 0.25) is 0 Å². The average molecular weight is 278 g/mol. The molecular weight excluding hydrogens is 248 g/mol. The lowest BCUT2D eigenvalue weighted by Crippen LogP contribution is -2.50. The average Bonchev–Trinajstić information content (AvgIpc) is 2.48. The Balaban J connectivity index is 1.94. The molecular formula is C18H30O2. The molecule has 20 heavy (non-hydrogen) atoms. The molecule has 3 unspecified atom stereocenters. The van der Waals surface area contributed by atoms with Crippen molar-refractivity contribution in [3.8, 4) is 0 Å². The lowest BCUT2D eigenvalue weighted by atomic mass is 9.49. The maximum atomic E-state index is 6.08. The van der Waals surface area contributed by atoms with Crippen molar-refractivity contribution in [2.24, 2.45) is 22.7 Å². The summed E-state index contributed by atoms with van der Waals surface area (Å²) in [6.07, 6.45) is 7.75. The van der Waals surface area contributed by atoms with Gasteiger partial charge in [0.1, 0.15) is 0 Å². The van der Waals surface area contributed by atoms with Crippen molar-refractivity contribution < 1.29 is 9.47 Å². The maximum absolute atomic E-state index is 6.08. The fourth-order valence-corrected chi connectivity index (χ4v) is 5.05. The van der Waals surface area contributed by atoms with Crippen LogP contribution in [-0.4, -0.2) is 19.0 Å². The van der Waals surface area contributed by atoms with Crippen LogP contribution in [-0.2, 0) is 9.47 Å². The molecule has 1 saturated carbocycles. The zero-order valence-corrected chi connectivity index (χ0v) is 13.8. The van der Waals surface area contributed by atoms with E-state index >= 15 is 0 Å². The fraction of sp³-hybridized carbons (Fsp3) is 0.889. The fourth-order valence-electron chi connectivity index (χ4n) is 5.05. The number of allylic oxidation sites excluding steroid dienone is 1.